The molecule has 3 rings (SSSR count). The average Bonchev–Trinajstić information content (AvgIpc) is 2.73. The fourth-order valence-electron chi connectivity index (χ4n) is 3.62. The summed E-state index contributed by atoms with van der Waals surface area (Å²) >= 11 is 0. The van der Waals surface area contributed by atoms with Crippen LogP contribution in [0.25, 0.3) is 0 Å². The zero-order valence-electron chi connectivity index (χ0n) is 16.0. The van der Waals surface area contributed by atoms with Gasteiger partial charge >= 0.3 is 0 Å². The van der Waals surface area contributed by atoms with Gasteiger partial charge in [-0.05, 0) is 37.6 Å². The molecule has 0 saturated carbocycles. The van der Waals surface area contributed by atoms with E-state index in [1.807, 2.05) is 36.4 Å². The van der Waals surface area contributed by atoms with Crippen molar-refractivity contribution in [3.8, 4) is 0 Å². The first-order valence-electron chi connectivity index (χ1n) is 9.69. The number of benzene rings is 2. The van der Waals surface area contributed by atoms with Gasteiger partial charge in [0.15, 0.2) is 0 Å². The summed E-state index contributed by atoms with van der Waals surface area (Å²) in [5.74, 6) is 0.114. The minimum Gasteiger partial charge on any atom is -0.374 e. The van der Waals surface area contributed by atoms with E-state index in [4.69, 9.17) is 9.47 Å². The Kier molecular flexibility index (Phi) is 7.57. The smallest absolute Gasteiger partial charge is 0.123 e. The van der Waals surface area contributed by atoms with Gasteiger partial charge in [0.2, 0.25) is 0 Å². The van der Waals surface area contributed by atoms with Gasteiger partial charge in [0, 0.05) is 12.0 Å². The minimum absolute atomic E-state index is 0.0679. The zero-order chi connectivity index (χ0) is 18.9. The maximum absolute atomic E-state index is 11.3. The fraction of sp³-hybridized carbons (Fsp3) is 0.435. The van der Waals surface area contributed by atoms with Crippen molar-refractivity contribution < 1.29 is 14.3 Å². The van der Waals surface area contributed by atoms with E-state index < -0.39 is 0 Å². The Balaban J connectivity index is 1.62. The van der Waals surface area contributed by atoms with Crippen molar-refractivity contribution in [2.24, 2.45) is 5.92 Å². The Morgan fingerprint density at radius 3 is 2.30 bits per heavy atom. The quantitative estimate of drug-likeness (QED) is 0.634. The van der Waals surface area contributed by atoms with Crippen molar-refractivity contribution in [2.45, 2.75) is 38.2 Å². The van der Waals surface area contributed by atoms with E-state index in [1.54, 1.807) is 0 Å². The molecule has 3 atom stereocenters. The summed E-state index contributed by atoms with van der Waals surface area (Å²) < 4.78 is 12.3. The molecule has 4 heteroatoms. The Morgan fingerprint density at radius 1 is 1.04 bits per heavy atom. The Bertz CT molecular complexity index is 677. The molecule has 4 nitrogen and oxygen atoms in total. The van der Waals surface area contributed by atoms with E-state index in [1.165, 1.54) is 0 Å². The van der Waals surface area contributed by atoms with E-state index in [2.05, 4.69) is 36.2 Å². The largest absolute Gasteiger partial charge is 0.374 e. The molecule has 0 aliphatic carbocycles. The highest BCUT2D eigenvalue weighted by atomic mass is 16.5. The van der Waals surface area contributed by atoms with Gasteiger partial charge in [-0.1, -0.05) is 60.7 Å². The minimum atomic E-state index is -0.0679. The van der Waals surface area contributed by atoms with Gasteiger partial charge in [0.1, 0.15) is 6.29 Å². The lowest BCUT2D eigenvalue weighted by molar-refractivity contribution is -0.116. The number of hydrogen-bond acceptors (Lipinski definition) is 4. The third-order valence-electron chi connectivity index (χ3n) is 5.29. The van der Waals surface area contributed by atoms with E-state index in [9.17, 15) is 4.79 Å². The van der Waals surface area contributed by atoms with Crippen LogP contribution in [0.4, 0.5) is 0 Å². The average molecular weight is 367 g/mol. The predicted octanol–water partition coefficient (Wildman–Crippen LogP) is 3.70. The molecular formula is C23H29NO3. The van der Waals surface area contributed by atoms with Crippen LogP contribution in [0.5, 0.6) is 0 Å². The summed E-state index contributed by atoms with van der Waals surface area (Å²) in [6, 6.07) is 20.6. The first kappa shape index (κ1) is 19.7. The van der Waals surface area contributed by atoms with Crippen molar-refractivity contribution in [2.75, 3.05) is 20.2 Å². The molecule has 27 heavy (non-hydrogen) atoms. The summed E-state index contributed by atoms with van der Waals surface area (Å²) in [5, 5.41) is 0. The van der Waals surface area contributed by atoms with Gasteiger partial charge in [-0.15, -0.1) is 0 Å². The highest BCUT2D eigenvalue weighted by molar-refractivity contribution is 5.53. The monoisotopic (exact) mass is 367 g/mol. The maximum Gasteiger partial charge on any atom is 0.123 e. The van der Waals surface area contributed by atoms with Crippen LogP contribution in [0.3, 0.4) is 0 Å². The topological polar surface area (TPSA) is 38.8 Å². The number of likely N-dealkylation sites (N-methyl/N-ethyl adjacent to an activating group) is 1. The first-order valence-corrected chi connectivity index (χ1v) is 9.69. The molecule has 2 aromatic carbocycles. The standard InChI is InChI=1S/C23H29NO3/c1-24-13-12-21(15-25)14-22(24)23(27-17-20-10-6-3-7-11-20)18-26-16-19-8-4-2-5-9-19/h2-11,15,21-23H,12-14,16-18H2,1H3/t21-,22+,23+/m0/s1. The fourth-order valence-corrected chi connectivity index (χ4v) is 3.62. The van der Waals surface area contributed by atoms with Crippen LogP contribution >= 0.6 is 0 Å². The van der Waals surface area contributed by atoms with Crippen molar-refractivity contribution in [1.29, 1.82) is 0 Å². The van der Waals surface area contributed by atoms with Crippen LogP contribution in [0.15, 0.2) is 60.7 Å². The number of aldehydes is 1. The zero-order valence-corrected chi connectivity index (χ0v) is 16.0. The molecule has 0 N–H and O–H groups in total. The lowest BCUT2D eigenvalue weighted by Gasteiger charge is -2.39. The van der Waals surface area contributed by atoms with E-state index >= 15 is 0 Å². The Morgan fingerprint density at radius 2 is 1.67 bits per heavy atom. The lowest BCUT2D eigenvalue weighted by atomic mass is 9.89. The molecule has 1 heterocycles. The van der Waals surface area contributed by atoms with Crippen LogP contribution in [0, 0.1) is 5.92 Å². The normalized spacial score (nSPS) is 21.7. The first-order chi connectivity index (χ1) is 13.3. The predicted molar refractivity (Wildman–Crippen MR) is 106 cm³/mol. The van der Waals surface area contributed by atoms with E-state index in [0.29, 0.717) is 19.8 Å². The molecule has 144 valence electrons. The third-order valence-corrected chi connectivity index (χ3v) is 5.29. The van der Waals surface area contributed by atoms with Gasteiger partial charge in [-0.2, -0.15) is 0 Å². The van der Waals surface area contributed by atoms with Crippen molar-refractivity contribution in [3.05, 3.63) is 71.8 Å². The second-order valence-corrected chi connectivity index (χ2v) is 7.30. The second kappa shape index (κ2) is 10.4. The molecule has 1 aliphatic rings. The molecule has 0 radical (unpaired) electrons. The SMILES string of the molecule is CN1CC[C@H](C=O)C[C@@H]1[C@@H](COCc1ccccc1)OCc1ccccc1. The van der Waals surface area contributed by atoms with Gasteiger partial charge in [-0.25, -0.2) is 0 Å². The summed E-state index contributed by atoms with van der Waals surface area (Å²) in [6.45, 7) is 2.55. The number of rotatable bonds is 9. The van der Waals surface area contributed by atoms with Crippen molar-refractivity contribution in [3.63, 3.8) is 0 Å². The molecule has 2 aromatic rings. The van der Waals surface area contributed by atoms with Crippen molar-refractivity contribution >= 4 is 6.29 Å². The molecule has 0 bridgehead atoms. The molecule has 0 unspecified atom stereocenters. The van der Waals surface area contributed by atoms with E-state index in [-0.39, 0.29) is 18.1 Å². The van der Waals surface area contributed by atoms with Crippen LogP contribution in [0.2, 0.25) is 0 Å². The van der Waals surface area contributed by atoms with Gasteiger partial charge in [-0.3, -0.25) is 0 Å². The maximum atomic E-state index is 11.3. The van der Waals surface area contributed by atoms with E-state index in [0.717, 1.165) is 36.8 Å². The van der Waals surface area contributed by atoms with Crippen LogP contribution in [0.1, 0.15) is 24.0 Å². The lowest BCUT2D eigenvalue weighted by Crippen LogP contribution is -2.49. The van der Waals surface area contributed by atoms with Gasteiger partial charge < -0.3 is 19.2 Å². The number of likely N-dealkylation sites (tertiary alicyclic amines) is 1. The molecule has 0 spiro atoms. The van der Waals surface area contributed by atoms with Crippen LogP contribution in [-0.2, 0) is 27.5 Å². The van der Waals surface area contributed by atoms with Gasteiger partial charge in [0.25, 0.3) is 0 Å². The second-order valence-electron chi connectivity index (χ2n) is 7.30. The Hall–Kier alpha value is -2.01. The van der Waals surface area contributed by atoms with Crippen LogP contribution < -0.4 is 0 Å². The molecule has 0 amide bonds. The molecule has 1 fully saturated rings. The number of hydrogen-bond donors (Lipinski definition) is 0. The summed E-state index contributed by atoms with van der Waals surface area (Å²) in [6.07, 6.45) is 2.78. The molecule has 1 saturated heterocycles. The summed E-state index contributed by atoms with van der Waals surface area (Å²) in [5.41, 5.74) is 2.30. The summed E-state index contributed by atoms with van der Waals surface area (Å²) in [7, 11) is 2.11. The number of carbonyl (C=O) groups excluding carboxylic acids is 1. The highest BCUT2D eigenvalue weighted by Gasteiger charge is 2.32. The van der Waals surface area contributed by atoms with Crippen LogP contribution in [-0.4, -0.2) is 43.5 Å². The molecular weight excluding hydrogens is 338 g/mol. The molecule has 1 aliphatic heterocycles. The summed E-state index contributed by atoms with van der Waals surface area (Å²) in [4.78, 5) is 13.6. The number of nitrogens with zero attached hydrogens (tertiary/aromatic N) is 1. The number of ether oxygens (including phenoxy) is 2. The highest BCUT2D eigenvalue weighted by Crippen LogP contribution is 2.25. The Labute approximate surface area is 162 Å². The number of piperidine rings is 1. The number of carbonyl (C=O) groups is 1. The third kappa shape index (κ3) is 5.99. The van der Waals surface area contributed by atoms with Crippen molar-refractivity contribution in [1.82, 2.24) is 4.90 Å². The van der Waals surface area contributed by atoms with Gasteiger partial charge in [0.05, 0.1) is 25.9 Å². The molecule has 0 aromatic heterocycles.